The van der Waals surface area contributed by atoms with Gasteiger partial charge in [0, 0.05) is 11.1 Å². The second kappa shape index (κ2) is 6.01. The first-order valence-corrected chi connectivity index (χ1v) is 6.16. The van der Waals surface area contributed by atoms with Gasteiger partial charge in [0.25, 0.3) is 0 Å². The molecule has 0 spiro atoms. The van der Waals surface area contributed by atoms with Crippen LogP contribution in [-0.2, 0) is 0 Å². The molecule has 0 N–H and O–H groups in total. The fourth-order valence-corrected chi connectivity index (χ4v) is 1.94. The molecule has 2 nitrogen and oxygen atoms in total. The fourth-order valence-electron chi connectivity index (χ4n) is 1.94. The monoisotopic (exact) mass is 252 g/mol. The first-order chi connectivity index (χ1) is 9.26. The van der Waals surface area contributed by atoms with Crippen LogP contribution >= 0.6 is 0 Å². The minimum Gasteiger partial charge on any atom is -0.497 e. The Morgan fingerprint density at radius 1 is 0.947 bits per heavy atom. The highest BCUT2D eigenvalue weighted by Gasteiger charge is 2.13. The maximum absolute atomic E-state index is 12.5. The van der Waals surface area contributed by atoms with Crippen molar-refractivity contribution >= 4 is 11.4 Å². The number of carbonyl (C=O) groups is 1. The van der Waals surface area contributed by atoms with Gasteiger partial charge in [-0.3, -0.25) is 4.79 Å². The summed E-state index contributed by atoms with van der Waals surface area (Å²) < 4.78 is 5.09. The zero-order valence-electron chi connectivity index (χ0n) is 11.1. The highest BCUT2D eigenvalue weighted by atomic mass is 16.5. The highest BCUT2D eigenvalue weighted by molar-refractivity contribution is 6.28. The number of hydrogen-bond acceptors (Lipinski definition) is 2. The number of ether oxygens (including phenoxy) is 1. The Labute approximate surface area is 113 Å². The normalized spacial score (nSPS) is 11.2. The first kappa shape index (κ1) is 13.1. The molecule has 0 radical (unpaired) electrons. The lowest BCUT2D eigenvalue weighted by atomic mass is 9.96. The minimum absolute atomic E-state index is 0.0244. The number of ketones is 1. The molecule has 0 unspecified atom stereocenters. The zero-order valence-corrected chi connectivity index (χ0v) is 11.1. The molecule has 0 fully saturated rings. The highest BCUT2D eigenvalue weighted by Crippen LogP contribution is 2.21. The van der Waals surface area contributed by atoms with Crippen LogP contribution in [0.15, 0.2) is 60.7 Å². The Hall–Kier alpha value is -2.35. The van der Waals surface area contributed by atoms with Crippen LogP contribution < -0.4 is 4.74 Å². The van der Waals surface area contributed by atoms with Crippen molar-refractivity contribution in [3.05, 3.63) is 71.8 Å². The number of Topliss-reactive ketones (excluding diaryl/α,β-unsaturated/α-hetero) is 1. The molecule has 2 heteroatoms. The summed E-state index contributed by atoms with van der Waals surface area (Å²) in [4.78, 5) is 12.5. The molecule has 0 atom stereocenters. The van der Waals surface area contributed by atoms with Gasteiger partial charge in [-0.1, -0.05) is 36.4 Å². The van der Waals surface area contributed by atoms with Crippen LogP contribution in [0.1, 0.15) is 22.8 Å². The van der Waals surface area contributed by atoms with Crippen LogP contribution in [0.3, 0.4) is 0 Å². The van der Waals surface area contributed by atoms with Gasteiger partial charge in [-0.2, -0.15) is 0 Å². The average Bonchev–Trinajstić information content (AvgIpc) is 2.49. The van der Waals surface area contributed by atoms with Crippen molar-refractivity contribution < 1.29 is 9.53 Å². The number of benzene rings is 2. The third-order valence-electron chi connectivity index (χ3n) is 2.97. The Morgan fingerprint density at radius 2 is 1.58 bits per heavy atom. The van der Waals surface area contributed by atoms with E-state index in [-0.39, 0.29) is 5.78 Å². The molecule has 2 rings (SSSR count). The smallest absolute Gasteiger partial charge is 0.193 e. The van der Waals surface area contributed by atoms with Gasteiger partial charge in [-0.25, -0.2) is 0 Å². The molecule has 2 aromatic rings. The lowest BCUT2D eigenvalue weighted by molar-refractivity contribution is 0.105. The second-order valence-corrected chi connectivity index (χ2v) is 4.13. The Kier molecular flexibility index (Phi) is 4.14. The van der Waals surface area contributed by atoms with Crippen molar-refractivity contribution in [1.82, 2.24) is 0 Å². The quantitative estimate of drug-likeness (QED) is 0.607. The molecular weight excluding hydrogens is 236 g/mol. The zero-order chi connectivity index (χ0) is 13.7. The van der Waals surface area contributed by atoms with Crippen molar-refractivity contribution in [3.63, 3.8) is 0 Å². The van der Waals surface area contributed by atoms with Gasteiger partial charge in [0.15, 0.2) is 5.78 Å². The van der Waals surface area contributed by atoms with Crippen LogP contribution in [0.25, 0.3) is 5.57 Å². The van der Waals surface area contributed by atoms with Gasteiger partial charge in [-0.15, -0.1) is 0 Å². The maximum atomic E-state index is 12.5. The van der Waals surface area contributed by atoms with Crippen molar-refractivity contribution in [2.45, 2.75) is 6.92 Å². The van der Waals surface area contributed by atoms with Crippen LogP contribution in [0.2, 0.25) is 0 Å². The summed E-state index contributed by atoms with van der Waals surface area (Å²) in [7, 11) is 1.61. The Balaban J connectivity index is 2.31. The predicted octanol–water partition coefficient (Wildman–Crippen LogP) is 3.98. The largest absolute Gasteiger partial charge is 0.497 e. The minimum atomic E-state index is 0.0244. The molecule has 0 aliphatic carbocycles. The van der Waals surface area contributed by atoms with E-state index in [2.05, 4.69) is 0 Å². The standard InChI is InChI=1S/C17H16O2/c1-3-16(13-7-5-4-6-8-13)17(18)14-9-11-15(19-2)12-10-14/h3-12H,1-2H3/b16-3+. The predicted molar refractivity (Wildman–Crippen MR) is 77.4 cm³/mol. The molecule has 0 aliphatic heterocycles. The molecule has 0 bridgehead atoms. The number of methoxy groups -OCH3 is 1. The van der Waals surface area contributed by atoms with E-state index in [1.807, 2.05) is 43.3 Å². The Bertz CT molecular complexity index is 580. The summed E-state index contributed by atoms with van der Waals surface area (Å²) in [6.07, 6.45) is 1.85. The maximum Gasteiger partial charge on any atom is 0.193 e. The first-order valence-electron chi connectivity index (χ1n) is 6.16. The van der Waals surface area contributed by atoms with Gasteiger partial charge in [-0.05, 0) is 36.8 Å². The Morgan fingerprint density at radius 3 is 2.11 bits per heavy atom. The third-order valence-corrected chi connectivity index (χ3v) is 2.97. The fraction of sp³-hybridized carbons (Fsp3) is 0.118. The molecule has 96 valence electrons. The molecule has 0 saturated heterocycles. The lowest BCUT2D eigenvalue weighted by Crippen LogP contribution is -2.02. The summed E-state index contributed by atoms with van der Waals surface area (Å²) >= 11 is 0. The molecule has 0 aliphatic rings. The van der Waals surface area contributed by atoms with E-state index in [0.717, 1.165) is 11.3 Å². The molecule has 0 saturated carbocycles. The van der Waals surface area contributed by atoms with Crippen LogP contribution in [0.5, 0.6) is 5.75 Å². The molecule has 0 aromatic heterocycles. The van der Waals surface area contributed by atoms with Gasteiger partial charge >= 0.3 is 0 Å². The summed E-state index contributed by atoms with van der Waals surface area (Å²) in [6, 6.07) is 16.8. The molecule has 19 heavy (non-hydrogen) atoms. The number of allylic oxidation sites excluding steroid dienone is 2. The van der Waals surface area contributed by atoms with Crippen molar-refractivity contribution in [2.24, 2.45) is 0 Å². The summed E-state index contributed by atoms with van der Waals surface area (Å²) in [5, 5.41) is 0. The van der Waals surface area contributed by atoms with E-state index in [0.29, 0.717) is 11.1 Å². The van der Waals surface area contributed by atoms with E-state index < -0.39 is 0 Å². The van der Waals surface area contributed by atoms with E-state index in [1.54, 1.807) is 31.4 Å². The molecule has 0 heterocycles. The van der Waals surface area contributed by atoms with Crippen molar-refractivity contribution in [3.8, 4) is 5.75 Å². The van der Waals surface area contributed by atoms with E-state index in [1.165, 1.54) is 0 Å². The lowest BCUT2D eigenvalue weighted by Gasteiger charge is -2.07. The van der Waals surface area contributed by atoms with Gasteiger partial charge in [0.05, 0.1) is 7.11 Å². The van der Waals surface area contributed by atoms with Crippen LogP contribution in [0.4, 0.5) is 0 Å². The molecular formula is C17H16O2. The van der Waals surface area contributed by atoms with Crippen LogP contribution in [0, 0.1) is 0 Å². The van der Waals surface area contributed by atoms with Gasteiger partial charge < -0.3 is 4.74 Å². The summed E-state index contributed by atoms with van der Waals surface area (Å²) in [5.74, 6) is 0.773. The average molecular weight is 252 g/mol. The van der Waals surface area contributed by atoms with Crippen LogP contribution in [-0.4, -0.2) is 12.9 Å². The summed E-state index contributed by atoms with van der Waals surface area (Å²) in [6.45, 7) is 1.88. The third kappa shape index (κ3) is 2.91. The van der Waals surface area contributed by atoms with Gasteiger partial charge in [0.1, 0.15) is 5.75 Å². The summed E-state index contributed by atoms with van der Waals surface area (Å²) in [5.41, 5.74) is 2.31. The van der Waals surface area contributed by atoms with Gasteiger partial charge in [0.2, 0.25) is 0 Å². The molecule has 0 amide bonds. The van der Waals surface area contributed by atoms with E-state index in [9.17, 15) is 4.79 Å². The van der Waals surface area contributed by atoms with E-state index >= 15 is 0 Å². The number of rotatable bonds is 4. The second-order valence-electron chi connectivity index (χ2n) is 4.13. The number of carbonyl (C=O) groups excluding carboxylic acids is 1. The number of hydrogen-bond donors (Lipinski definition) is 0. The van der Waals surface area contributed by atoms with E-state index in [4.69, 9.17) is 4.74 Å². The van der Waals surface area contributed by atoms with Crippen molar-refractivity contribution in [2.75, 3.05) is 7.11 Å². The SMILES string of the molecule is C/C=C(/C(=O)c1ccc(OC)cc1)c1ccccc1. The topological polar surface area (TPSA) is 26.3 Å². The molecule has 2 aromatic carbocycles. The van der Waals surface area contributed by atoms with Crippen molar-refractivity contribution in [1.29, 1.82) is 0 Å².